The molecule has 134 valence electrons. The number of hydrogen-bond acceptors (Lipinski definition) is 5. The van der Waals surface area contributed by atoms with Crippen LogP contribution in [0.25, 0.3) is 0 Å². The normalized spacial score (nSPS) is 23.5. The zero-order chi connectivity index (χ0) is 17.7. The molecule has 5 heteroatoms. The second-order valence-electron chi connectivity index (χ2n) is 7.55. The van der Waals surface area contributed by atoms with Crippen molar-refractivity contribution in [1.82, 2.24) is 4.98 Å². The second-order valence-corrected chi connectivity index (χ2v) is 7.55. The molecule has 3 aliphatic rings. The third-order valence-corrected chi connectivity index (χ3v) is 5.33. The number of nitrogens with zero attached hydrogens (tertiary/aromatic N) is 3. The fourth-order valence-corrected chi connectivity index (χ4v) is 4.16. The Labute approximate surface area is 153 Å². The van der Waals surface area contributed by atoms with Crippen molar-refractivity contribution in [3.05, 3.63) is 53.2 Å². The minimum Gasteiger partial charge on any atom is -0.491 e. The summed E-state index contributed by atoms with van der Waals surface area (Å²) in [7, 11) is 0. The molecule has 5 nitrogen and oxygen atoms in total. The first-order valence-corrected chi connectivity index (χ1v) is 9.36. The van der Waals surface area contributed by atoms with Crippen LogP contribution in [-0.4, -0.2) is 42.1 Å². The predicted molar refractivity (Wildman–Crippen MR) is 101 cm³/mol. The average Bonchev–Trinajstić information content (AvgIpc) is 3.36. The predicted octanol–water partition coefficient (Wildman–Crippen LogP) is 3.20. The van der Waals surface area contributed by atoms with E-state index in [-0.39, 0.29) is 6.10 Å². The van der Waals surface area contributed by atoms with Gasteiger partial charge in [-0.05, 0) is 50.1 Å². The van der Waals surface area contributed by atoms with Gasteiger partial charge in [-0.1, -0.05) is 6.07 Å². The van der Waals surface area contributed by atoms with Gasteiger partial charge >= 0.3 is 0 Å². The number of morpholine rings is 1. The van der Waals surface area contributed by atoms with Crippen LogP contribution in [0.1, 0.15) is 37.0 Å². The minimum atomic E-state index is 0.162. The molecule has 0 aliphatic carbocycles. The van der Waals surface area contributed by atoms with Crippen LogP contribution >= 0.6 is 0 Å². The van der Waals surface area contributed by atoms with Crippen LogP contribution in [0, 0.1) is 0 Å². The highest BCUT2D eigenvalue weighted by Crippen LogP contribution is 2.33. The first-order chi connectivity index (χ1) is 12.7. The van der Waals surface area contributed by atoms with Crippen LogP contribution in [0.3, 0.4) is 0 Å². The Balaban J connectivity index is 1.46. The van der Waals surface area contributed by atoms with Crippen molar-refractivity contribution in [1.29, 1.82) is 0 Å². The highest BCUT2D eigenvalue weighted by molar-refractivity contribution is 6.15. The minimum absolute atomic E-state index is 0.162. The molecule has 2 saturated heterocycles. The molecule has 0 amide bonds. The second kappa shape index (κ2) is 6.09. The van der Waals surface area contributed by atoms with Crippen molar-refractivity contribution in [2.45, 2.75) is 45.1 Å². The van der Waals surface area contributed by atoms with Gasteiger partial charge in [-0.15, -0.1) is 0 Å². The van der Waals surface area contributed by atoms with Crippen LogP contribution in [0.5, 0.6) is 5.75 Å². The number of aliphatic imine (C=N–C) groups is 1. The molecule has 2 aromatic rings. The third kappa shape index (κ3) is 2.67. The number of benzene rings is 1. The summed E-state index contributed by atoms with van der Waals surface area (Å²) in [5.74, 6) is 1.93. The molecule has 2 fully saturated rings. The van der Waals surface area contributed by atoms with E-state index < -0.39 is 0 Å². The van der Waals surface area contributed by atoms with Crippen LogP contribution in [0.15, 0.2) is 41.5 Å². The number of fused-ring (bicyclic) bond motifs is 3. The Morgan fingerprint density at radius 1 is 1.23 bits per heavy atom. The van der Waals surface area contributed by atoms with E-state index in [1.54, 1.807) is 0 Å². The summed E-state index contributed by atoms with van der Waals surface area (Å²) in [5, 5.41) is 0. The average molecular weight is 349 g/mol. The van der Waals surface area contributed by atoms with Crippen molar-refractivity contribution >= 4 is 11.5 Å². The van der Waals surface area contributed by atoms with Crippen molar-refractivity contribution < 1.29 is 9.47 Å². The lowest BCUT2D eigenvalue weighted by Gasteiger charge is -2.28. The highest BCUT2D eigenvalue weighted by atomic mass is 16.5. The third-order valence-electron chi connectivity index (χ3n) is 5.33. The van der Waals surface area contributed by atoms with E-state index in [1.165, 1.54) is 11.1 Å². The first-order valence-electron chi connectivity index (χ1n) is 9.36. The van der Waals surface area contributed by atoms with Gasteiger partial charge in [0.05, 0.1) is 37.1 Å². The number of hydrogen-bond donors (Lipinski definition) is 0. The van der Waals surface area contributed by atoms with Gasteiger partial charge in [-0.3, -0.25) is 4.99 Å². The van der Waals surface area contributed by atoms with E-state index in [9.17, 15) is 0 Å². The SMILES string of the molecule is CC(C)Oc1ccc2c(c1)C(c1ccnc(N3C[C@@H]4C[C@H]3CO4)c1)=NC2. The Hall–Kier alpha value is -2.40. The quantitative estimate of drug-likeness (QED) is 0.850. The van der Waals surface area contributed by atoms with Gasteiger partial charge in [-0.2, -0.15) is 0 Å². The topological polar surface area (TPSA) is 47.0 Å². The smallest absolute Gasteiger partial charge is 0.129 e. The lowest BCUT2D eigenvalue weighted by Crippen LogP contribution is -2.37. The molecule has 4 heterocycles. The number of ether oxygens (including phenoxy) is 2. The summed E-state index contributed by atoms with van der Waals surface area (Å²) in [4.78, 5) is 11.8. The Bertz CT molecular complexity index is 877. The number of aromatic nitrogens is 1. The van der Waals surface area contributed by atoms with Gasteiger partial charge in [0.15, 0.2) is 0 Å². The lowest BCUT2D eigenvalue weighted by atomic mass is 10.0. The monoisotopic (exact) mass is 349 g/mol. The molecule has 1 aromatic heterocycles. The van der Waals surface area contributed by atoms with E-state index in [1.807, 2.05) is 26.1 Å². The van der Waals surface area contributed by atoms with E-state index in [0.29, 0.717) is 12.1 Å². The van der Waals surface area contributed by atoms with Gasteiger partial charge in [0.1, 0.15) is 11.6 Å². The maximum atomic E-state index is 5.87. The summed E-state index contributed by atoms with van der Waals surface area (Å²) in [6, 6.07) is 11.0. The van der Waals surface area contributed by atoms with Gasteiger partial charge in [0.25, 0.3) is 0 Å². The molecule has 0 radical (unpaired) electrons. The van der Waals surface area contributed by atoms with Crippen molar-refractivity contribution in [3.8, 4) is 5.75 Å². The Morgan fingerprint density at radius 2 is 2.15 bits per heavy atom. The first kappa shape index (κ1) is 15.8. The Kier molecular flexibility index (Phi) is 3.71. The number of rotatable bonds is 4. The van der Waals surface area contributed by atoms with E-state index >= 15 is 0 Å². The zero-order valence-corrected chi connectivity index (χ0v) is 15.2. The van der Waals surface area contributed by atoms with Crippen LogP contribution in [0.2, 0.25) is 0 Å². The molecular weight excluding hydrogens is 326 g/mol. The summed E-state index contributed by atoms with van der Waals surface area (Å²) in [6.45, 7) is 6.58. The Morgan fingerprint density at radius 3 is 2.92 bits per heavy atom. The molecule has 26 heavy (non-hydrogen) atoms. The maximum Gasteiger partial charge on any atom is 0.129 e. The molecule has 5 rings (SSSR count). The van der Waals surface area contributed by atoms with E-state index in [0.717, 1.165) is 49.0 Å². The van der Waals surface area contributed by atoms with Crippen molar-refractivity contribution in [2.75, 3.05) is 18.1 Å². The standard InChI is InChI=1S/C21H23N3O2/c1-13(2)26-17-4-3-15-10-23-21(19(15)9-17)14-5-6-22-20(7-14)24-11-18-8-16(24)12-25-18/h3-7,9,13,16,18H,8,10-12H2,1-2H3/t16-,18-/m0/s1. The fraction of sp³-hybridized carbons (Fsp3) is 0.429. The molecule has 0 spiro atoms. The van der Waals surface area contributed by atoms with Crippen LogP contribution < -0.4 is 9.64 Å². The van der Waals surface area contributed by atoms with Gasteiger partial charge < -0.3 is 14.4 Å². The molecule has 2 bridgehead atoms. The summed E-state index contributed by atoms with van der Waals surface area (Å²) < 4.78 is 11.6. The van der Waals surface area contributed by atoms with Gasteiger partial charge in [0.2, 0.25) is 0 Å². The van der Waals surface area contributed by atoms with Gasteiger partial charge in [0, 0.05) is 23.9 Å². The molecule has 3 aliphatic heterocycles. The lowest BCUT2D eigenvalue weighted by molar-refractivity contribution is 0.0989. The zero-order valence-electron chi connectivity index (χ0n) is 15.2. The highest BCUT2D eigenvalue weighted by Gasteiger charge is 2.39. The summed E-state index contributed by atoms with van der Waals surface area (Å²) in [6.07, 6.45) is 3.54. The molecule has 1 aromatic carbocycles. The van der Waals surface area contributed by atoms with Crippen molar-refractivity contribution in [2.24, 2.45) is 4.99 Å². The maximum absolute atomic E-state index is 5.87. The van der Waals surface area contributed by atoms with Gasteiger partial charge in [-0.25, -0.2) is 4.98 Å². The largest absolute Gasteiger partial charge is 0.491 e. The van der Waals surface area contributed by atoms with E-state index in [4.69, 9.17) is 14.5 Å². The molecule has 0 N–H and O–H groups in total. The molecule has 0 unspecified atom stereocenters. The summed E-state index contributed by atoms with van der Waals surface area (Å²) in [5.41, 5.74) is 4.59. The molecular formula is C21H23N3O2. The van der Waals surface area contributed by atoms with Crippen LogP contribution in [0.4, 0.5) is 5.82 Å². The number of anilines is 1. The summed E-state index contributed by atoms with van der Waals surface area (Å²) >= 11 is 0. The fourth-order valence-electron chi connectivity index (χ4n) is 4.16. The van der Waals surface area contributed by atoms with E-state index in [2.05, 4.69) is 34.1 Å². The molecule has 2 atom stereocenters. The number of pyridine rings is 1. The molecule has 0 saturated carbocycles. The van der Waals surface area contributed by atoms with Crippen LogP contribution in [-0.2, 0) is 11.3 Å². The van der Waals surface area contributed by atoms with Crippen molar-refractivity contribution in [3.63, 3.8) is 0 Å².